The van der Waals surface area contributed by atoms with Gasteiger partial charge in [-0.05, 0) is 61.5 Å². The maximum absolute atomic E-state index is 13.0. The van der Waals surface area contributed by atoms with Crippen molar-refractivity contribution in [1.29, 1.82) is 0 Å². The summed E-state index contributed by atoms with van der Waals surface area (Å²) in [5, 5.41) is 7.28. The van der Waals surface area contributed by atoms with Crippen molar-refractivity contribution < 1.29 is 9.59 Å². The number of carbonyl (C=O) groups is 2. The summed E-state index contributed by atoms with van der Waals surface area (Å²) >= 11 is 1.17. The van der Waals surface area contributed by atoms with Crippen LogP contribution < -0.4 is 5.32 Å². The maximum atomic E-state index is 13.0. The zero-order valence-electron chi connectivity index (χ0n) is 18.1. The fraction of sp³-hybridized carbons (Fsp3) is 0.583. The molecule has 1 atom stereocenters. The van der Waals surface area contributed by atoms with Gasteiger partial charge in [0.1, 0.15) is 4.88 Å². The van der Waals surface area contributed by atoms with Crippen LogP contribution in [0.15, 0.2) is 30.3 Å². The first-order valence-corrected chi connectivity index (χ1v) is 12.2. The molecule has 164 valence electrons. The number of hydrogen-bond donors (Lipinski definition) is 1. The first-order chi connectivity index (χ1) is 15.0. The second-order valence-corrected chi connectivity index (χ2v) is 10.4. The van der Waals surface area contributed by atoms with Gasteiger partial charge in [-0.3, -0.25) is 9.59 Å². The van der Waals surface area contributed by atoms with Gasteiger partial charge in [0, 0.05) is 31.0 Å². The van der Waals surface area contributed by atoms with E-state index in [2.05, 4.69) is 45.2 Å². The summed E-state index contributed by atoms with van der Waals surface area (Å²) in [7, 11) is 0. The smallest absolute Gasteiger partial charge is 0.267 e. The van der Waals surface area contributed by atoms with E-state index < -0.39 is 0 Å². The first kappa shape index (κ1) is 20.6. The molecule has 6 nitrogen and oxygen atoms in total. The lowest BCUT2D eigenvalue weighted by Gasteiger charge is -2.33. The second-order valence-electron chi connectivity index (χ2n) is 9.67. The molecule has 2 aliphatic carbocycles. The molecule has 1 aliphatic heterocycles. The molecular formula is C24H30N4O2S. The average molecular weight is 439 g/mol. The van der Waals surface area contributed by atoms with Gasteiger partial charge in [-0.2, -0.15) is 0 Å². The molecular weight excluding hydrogens is 408 g/mol. The number of aromatic nitrogens is 2. The van der Waals surface area contributed by atoms with Crippen molar-refractivity contribution in [2.75, 3.05) is 19.6 Å². The van der Waals surface area contributed by atoms with E-state index >= 15 is 0 Å². The Morgan fingerprint density at radius 2 is 1.84 bits per heavy atom. The number of likely N-dealkylation sites (tertiary alicyclic amines) is 1. The van der Waals surface area contributed by atoms with E-state index in [-0.39, 0.29) is 28.6 Å². The molecule has 1 aromatic heterocycles. The van der Waals surface area contributed by atoms with Crippen LogP contribution in [0, 0.1) is 18.3 Å². The third-order valence-corrected chi connectivity index (χ3v) is 8.76. The summed E-state index contributed by atoms with van der Waals surface area (Å²) in [6.45, 7) is 4.00. The summed E-state index contributed by atoms with van der Waals surface area (Å²) in [4.78, 5) is 28.3. The number of rotatable bonds is 5. The molecule has 3 fully saturated rings. The zero-order valence-corrected chi connectivity index (χ0v) is 18.9. The molecule has 1 saturated heterocycles. The van der Waals surface area contributed by atoms with Gasteiger partial charge in [-0.1, -0.05) is 47.7 Å². The number of benzene rings is 1. The molecule has 5 rings (SSSR count). The SMILES string of the molecule is Cc1nnsc1C(=O)N1CCC2(CC1)CC2C(=O)NCC1(c2ccccc2)CCCC1. The molecule has 31 heavy (non-hydrogen) atoms. The van der Waals surface area contributed by atoms with Crippen LogP contribution in [0.4, 0.5) is 0 Å². The van der Waals surface area contributed by atoms with E-state index in [1.54, 1.807) is 0 Å². The molecule has 2 aromatic rings. The van der Waals surface area contributed by atoms with Crippen molar-refractivity contribution in [1.82, 2.24) is 19.8 Å². The monoisotopic (exact) mass is 438 g/mol. The Bertz CT molecular complexity index is 959. The third-order valence-electron chi connectivity index (χ3n) is 7.95. The van der Waals surface area contributed by atoms with E-state index in [4.69, 9.17) is 0 Å². The third kappa shape index (κ3) is 3.77. The summed E-state index contributed by atoms with van der Waals surface area (Å²) < 4.78 is 3.89. The molecule has 7 heteroatoms. The highest BCUT2D eigenvalue weighted by atomic mass is 32.1. The van der Waals surface area contributed by atoms with Gasteiger partial charge >= 0.3 is 0 Å². The van der Waals surface area contributed by atoms with Crippen molar-refractivity contribution in [3.8, 4) is 0 Å². The topological polar surface area (TPSA) is 75.2 Å². The lowest BCUT2D eigenvalue weighted by Crippen LogP contribution is -2.42. The van der Waals surface area contributed by atoms with Gasteiger partial charge in [0.2, 0.25) is 5.91 Å². The van der Waals surface area contributed by atoms with E-state index in [1.165, 1.54) is 29.9 Å². The van der Waals surface area contributed by atoms with Crippen molar-refractivity contribution in [2.45, 2.75) is 57.3 Å². The maximum Gasteiger partial charge on any atom is 0.267 e. The minimum Gasteiger partial charge on any atom is -0.355 e. The summed E-state index contributed by atoms with van der Waals surface area (Å²) in [6, 6.07) is 10.7. The Morgan fingerprint density at radius 3 is 2.48 bits per heavy atom. The van der Waals surface area contributed by atoms with Gasteiger partial charge in [0.15, 0.2) is 0 Å². The average Bonchev–Trinajstić information content (AvgIpc) is 3.12. The molecule has 1 spiro atoms. The van der Waals surface area contributed by atoms with E-state index in [9.17, 15) is 9.59 Å². The minimum absolute atomic E-state index is 0.0371. The number of aryl methyl sites for hydroxylation is 1. The molecule has 2 heterocycles. The Kier molecular flexibility index (Phi) is 5.32. The van der Waals surface area contributed by atoms with Crippen molar-refractivity contribution >= 4 is 23.3 Å². The number of amides is 2. The van der Waals surface area contributed by atoms with Crippen LogP contribution in [-0.4, -0.2) is 45.9 Å². The van der Waals surface area contributed by atoms with Crippen LogP contribution in [0.3, 0.4) is 0 Å². The number of nitrogens with one attached hydrogen (secondary N) is 1. The fourth-order valence-electron chi connectivity index (χ4n) is 5.79. The van der Waals surface area contributed by atoms with Crippen LogP contribution in [-0.2, 0) is 10.2 Å². The quantitative estimate of drug-likeness (QED) is 0.772. The van der Waals surface area contributed by atoms with Crippen LogP contribution in [0.25, 0.3) is 0 Å². The van der Waals surface area contributed by atoms with Gasteiger partial charge in [0.25, 0.3) is 5.91 Å². The van der Waals surface area contributed by atoms with Gasteiger partial charge in [-0.15, -0.1) is 5.10 Å². The molecule has 0 bridgehead atoms. The normalized spacial score (nSPS) is 23.6. The highest BCUT2D eigenvalue weighted by Crippen LogP contribution is 2.59. The molecule has 2 amide bonds. The van der Waals surface area contributed by atoms with Crippen molar-refractivity contribution in [3.63, 3.8) is 0 Å². The molecule has 1 N–H and O–H groups in total. The highest BCUT2D eigenvalue weighted by Gasteiger charge is 2.59. The van der Waals surface area contributed by atoms with Gasteiger partial charge < -0.3 is 10.2 Å². The second kappa shape index (κ2) is 8.01. The molecule has 3 aliphatic rings. The largest absolute Gasteiger partial charge is 0.355 e. The van der Waals surface area contributed by atoms with E-state index in [0.29, 0.717) is 23.7 Å². The lowest BCUT2D eigenvalue weighted by molar-refractivity contribution is -0.123. The number of piperidine rings is 1. The van der Waals surface area contributed by atoms with Crippen molar-refractivity contribution in [3.05, 3.63) is 46.5 Å². The van der Waals surface area contributed by atoms with Crippen LogP contribution in [0.5, 0.6) is 0 Å². The Morgan fingerprint density at radius 1 is 1.13 bits per heavy atom. The van der Waals surface area contributed by atoms with Gasteiger partial charge in [-0.25, -0.2) is 0 Å². The lowest BCUT2D eigenvalue weighted by atomic mass is 9.78. The first-order valence-electron chi connectivity index (χ1n) is 11.4. The summed E-state index contributed by atoms with van der Waals surface area (Å²) in [5.74, 6) is 0.352. The summed E-state index contributed by atoms with van der Waals surface area (Å²) in [5.41, 5.74) is 2.25. The Labute approximate surface area is 187 Å². The predicted octanol–water partition coefficient (Wildman–Crippen LogP) is 3.72. The minimum atomic E-state index is 0.0371. The number of nitrogens with zero attached hydrogens (tertiary/aromatic N) is 3. The molecule has 0 radical (unpaired) electrons. The van der Waals surface area contributed by atoms with Crippen molar-refractivity contribution in [2.24, 2.45) is 11.3 Å². The standard InChI is InChI=1S/C24H30N4O2S/c1-17-20(31-27-26-17)22(30)28-13-11-23(12-14-28)15-19(23)21(29)25-16-24(9-5-6-10-24)18-7-3-2-4-8-18/h2-4,7-8,19H,5-6,9-16H2,1H3,(H,25,29). The molecule has 1 unspecified atom stereocenters. The Hall–Kier alpha value is -2.28. The molecule has 1 aromatic carbocycles. The van der Waals surface area contributed by atoms with Gasteiger partial charge in [0.05, 0.1) is 5.69 Å². The summed E-state index contributed by atoms with van der Waals surface area (Å²) in [6.07, 6.45) is 7.54. The number of carbonyl (C=O) groups excluding carboxylic acids is 2. The zero-order chi connectivity index (χ0) is 21.5. The van der Waals surface area contributed by atoms with Crippen LogP contribution in [0.1, 0.15) is 65.9 Å². The van der Waals surface area contributed by atoms with E-state index in [1.807, 2.05) is 11.8 Å². The predicted molar refractivity (Wildman–Crippen MR) is 120 cm³/mol. The van der Waals surface area contributed by atoms with Crippen LogP contribution in [0.2, 0.25) is 0 Å². The highest BCUT2D eigenvalue weighted by molar-refractivity contribution is 7.07. The fourth-order valence-corrected chi connectivity index (χ4v) is 6.41. The number of hydrogen-bond acceptors (Lipinski definition) is 5. The molecule has 2 saturated carbocycles. The Balaban J connectivity index is 1.17. The van der Waals surface area contributed by atoms with E-state index in [0.717, 1.165) is 38.6 Å². The van der Waals surface area contributed by atoms with Crippen LogP contribution >= 0.6 is 11.5 Å².